The summed E-state index contributed by atoms with van der Waals surface area (Å²) < 4.78 is 10.6. The fourth-order valence-electron chi connectivity index (χ4n) is 4.24. The molecule has 0 aliphatic carbocycles. The van der Waals surface area contributed by atoms with Crippen LogP contribution in [0.2, 0.25) is 5.02 Å². The number of aliphatic hydroxyl groups excluding tert-OH is 1. The molecule has 1 unspecified atom stereocenters. The number of aryl methyl sites for hydroxylation is 1. The smallest absolute Gasteiger partial charge is 0.300 e. The number of amides is 1. The lowest BCUT2D eigenvalue weighted by atomic mass is 9.94. The first-order valence-corrected chi connectivity index (χ1v) is 11.2. The van der Waals surface area contributed by atoms with Gasteiger partial charge in [-0.2, -0.15) is 0 Å². The van der Waals surface area contributed by atoms with Crippen molar-refractivity contribution in [1.82, 2.24) is 0 Å². The van der Waals surface area contributed by atoms with Crippen molar-refractivity contribution in [2.75, 3.05) is 19.1 Å². The molecule has 8 heteroatoms. The van der Waals surface area contributed by atoms with E-state index in [2.05, 4.69) is 0 Å². The van der Waals surface area contributed by atoms with Crippen LogP contribution in [0.5, 0.6) is 17.2 Å². The highest BCUT2D eigenvalue weighted by Gasteiger charge is 2.47. The third-order valence-electron chi connectivity index (χ3n) is 6.22. The minimum Gasteiger partial charge on any atom is -0.508 e. The number of halogens is 1. The van der Waals surface area contributed by atoms with E-state index in [1.54, 1.807) is 24.3 Å². The number of rotatable bonds is 5. The molecule has 0 radical (unpaired) electrons. The molecule has 35 heavy (non-hydrogen) atoms. The Hall–Kier alpha value is -3.97. The third-order valence-corrected chi connectivity index (χ3v) is 6.51. The van der Waals surface area contributed by atoms with E-state index in [9.17, 15) is 19.8 Å². The van der Waals surface area contributed by atoms with Crippen LogP contribution in [0.4, 0.5) is 5.69 Å². The molecule has 1 amide bonds. The van der Waals surface area contributed by atoms with Crippen LogP contribution < -0.4 is 14.4 Å². The van der Waals surface area contributed by atoms with Crippen LogP contribution in [0.15, 0.2) is 60.2 Å². The molecule has 0 bridgehead atoms. The summed E-state index contributed by atoms with van der Waals surface area (Å²) in [5, 5.41) is 21.4. The maximum atomic E-state index is 13.4. The number of benzene rings is 3. The molecular weight excluding hydrogens is 470 g/mol. The van der Waals surface area contributed by atoms with Gasteiger partial charge in [0.2, 0.25) is 0 Å². The molecule has 1 heterocycles. The monoisotopic (exact) mass is 493 g/mol. The number of aliphatic hydroxyl groups is 1. The Kier molecular flexibility index (Phi) is 6.45. The van der Waals surface area contributed by atoms with Crippen LogP contribution in [0, 0.1) is 13.8 Å². The standard InChI is InChI=1S/C27H24ClNO6/c1-14-6-5-7-20(15(14)2)29-24(16-8-10-17(30)11-9-16)23(26(32)27(29)33)25(31)18-12-19(28)22(35-4)13-21(18)34-3/h5-13,24,30-31H,1-4H3/b25-23+. The first-order valence-electron chi connectivity index (χ1n) is 10.8. The van der Waals surface area contributed by atoms with E-state index in [0.29, 0.717) is 17.0 Å². The molecule has 7 nitrogen and oxygen atoms in total. The first kappa shape index (κ1) is 24.2. The summed E-state index contributed by atoms with van der Waals surface area (Å²) in [6.07, 6.45) is 0. The normalized spacial score (nSPS) is 17.1. The van der Waals surface area contributed by atoms with E-state index >= 15 is 0 Å². The molecule has 0 saturated carbocycles. The molecule has 2 N–H and O–H groups in total. The number of Topliss-reactive ketones (excluding diaryl/α,β-unsaturated/α-hetero) is 1. The Morgan fingerprint density at radius 2 is 1.63 bits per heavy atom. The van der Waals surface area contributed by atoms with Gasteiger partial charge in [-0.1, -0.05) is 35.9 Å². The van der Waals surface area contributed by atoms with Crippen LogP contribution in [0.3, 0.4) is 0 Å². The van der Waals surface area contributed by atoms with Crippen molar-refractivity contribution in [3.63, 3.8) is 0 Å². The van der Waals surface area contributed by atoms with E-state index in [1.807, 2.05) is 19.9 Å². The summed E-state index contributed by atoms with van der Waals surface area (Å²) in [6.45, 7) is 3.78. The minimum atomic E-state index is -0.957. The fraction of sp³-hybridized carbons (Fsp3) is 0.185. The van der Waals surface area contributed by atoms with Gasteiger partial charge in [-0.3, -0.25) is 14.5 Å². The topological polar surface area (TPSA) is 96.3 Å². The van der Waals surface area contributed by atoms with Crippen molar-refractivity contribution in [1.29, 1.82) is 0 Å². The number of hydrogen-bond acceptors (Lipinski definition) is 6. The Balaban J connectivity index is 2.02. The predicted octanol–water partition coefficient (Wildman–Crippen LogP) is 5.31. The number of carbonyl (C=O) groups excluding carboxylic acids is 2. The van der Waals surface area contributed by atoms with Crippen LogP contribution in [0.1, 0.15) is 28.3 Å². The molecule has 3 aromatic carbocycles. The van der Waals surface area contributed by atoms with Gasteiger partial charge in [0.1, 0.15) is 23.0 Å². The third kappa shape index (κ3) is 4.08. The van der Waals surface area contributed by atoms with Gasteiger partial charge < -0.3 is 19.7 Å². The van der Waals surface area contributed by atoms with Gasteiger partial charge in [0.25, 0.3) is 11.7 Å². The molecule has 1 fully saturated rings. The molecule has 0 spiro atoms. The zero-order chi connectivity index (χ0) is 25.4. The highest BCUT2D eigenvalue weighted by atomic mass is 35.5. The van der Waals surface area contributed by atoms with E-state index in [0.717, 1.165) is 11.1 Å². The average molecular weight is 494 g/mol. The van der Waals surface area contributed by atoms with Crippen molar-refractivity contribution >= 4 is 34.7 Å². The van der Waals surface area contributed by atoms with Crippen molar-refractivity contribution in [2.45, 2.75) is 19.9 Å². The molecule has 1 saturated heterocycles. The summed E-state index contributed by atoms with van der Waals surface area (Å²) in [7, 11) is 2.85. The lowest BCUT2D eigenvalue weighted by molar-refractivity contribution is -0.132. The van der Waals surface area contributed by atoms with Gasteiger partial charge in [-0.25, -0.2) is 0 Å². The van der Waals surface area contributed by atoms with E-state index in [4.69, 9.17) is 21.1 Å². The number of ketones is 1. The molecule has 3 aromatic rings. The Labute approximate surface area is 207 Å². The molecule has 1 aliphatic heterocycles. The number of carbonyl (C=O) groups is 2. The van der Waals surface area contributed by atoms with Gasteiger partial charge in [0.15, 0.2) is 0 Å². The number of nitrogens with zero attached hydrogens (tertiary/aromatic N) is 1. The number of hydrogen-bond donors (Lipinski definition) is 2. The number of anilines is 1. The summed E-state index contributed by atoms with van der Waals surface area (Å²) in [5.41, 5.74) is 2.86. The van der Waals surface area contributed by atoms with Crippen molar-refractivity contribution in [2.24, 2.45) is 0 Å². The van der Waals surface area contributed by atoms with E-state index < -0.39 is 23.5 Å². The second kappa shape index (κ2) is 9.35. The molecule has 180 valence electrons. The lowest BCUT2D eigenvalue weighted by Gasteiger charge is -2.27. The second-order valence-corrected chi connectivity index (χ2v) is 8.57. The Bertz CT molecular complexity index is 1360. The number of phenols is 1. The number of methoxy groups -OCH3 is 2. The van der Waals surface area contributed by atoms with E-state index in [1.165, 1.54) is 43.4 Å². The highest BCUT2D eigenvalue weighted by molar-refractivity contribution is 6.52. The largest absolute Gasteiger partial charge is 0.508 e. The lowest BCUT2D eigenvalue weighted by Crippen LogP contribution is -2.30. The fourth-order valence-corrected chi connectivity index (χ4v) is 4.48. The summed E-state index contributed by atoms with van der Waals surface area (Å²) in [5.74, 6) is -1.50. The van der Waals surface area contributed by atoms with Gasteiger partial charge in [0, 0.05) is 11.8 Å². The van der Waals surface area contributed by atoms with Gasteiger partial charge >= 0.3 is 0 Å². The van der Waals surface area contributed by atoms with E-state index in [-0.39, 0.29) is 27.7 Å². The summed E-state index contributed by atoms with van der Waals surface area (Å²) in [4.78, 5) is 28.2. The van der Waals surface area contributed by atoms with Crippen LogP contribution in [0.25, 0.3) is 5.76 Å². The zero-order valence-electron chi connectivity index (χ0n) is 19.6. The average Bonchev–Trinajstić information content (AvgIpc) is 3.11. The minimum absolute atomic E-state index is 0.0287. The number of phenolic OH excluding ortho intramolecular Hbond substituents is 1. The van der Waals surface area contributed by atoms with Crippen molar-refractivity contribution < 1.29 is 29.3 Å². The van der Waals surface area contributed by atoms with Gasteiger partial charge in [-0.05, 0) is 54.8 Å². The maximum absolute atomic E-state index is 13.4. The number of aromatic hydroxyl groups is 1. The van der Waals surface area contributed by atoms with Gasteiger partial charge in [-0.15, -0.1) is 0 Å². The van der Waals surface area contributed by atoms with Crippen molar-refractivity contribution in [3.8, 4) is 17.2 Å². The Morgan fingerprint density at radius 1 is 0.971 bits per heavy atom. The molecule has 1 atom stereocenters. The SMILES string of the molecule is COc1cc(OC)c(/C(O)=C2\C(=O)C(=O)N(c3cccc(C)c3C)C2c2ccc(O)cc2)cc1Cl. The maximum Gasteiger partial charge on any atom is 0.300 e. The van der Waals surface area contributed by atoms with Crippen LogP contribution >= 0.6 is 11.6 Å². The summed E-state index contributed by atoms with van der Waals surface area (Å²) in [6, 6.07) is 13.6. The zero-order valence-corrected chi connectivity index (χ0v) is 20.4. The quantitative estimate of drug-likeness (QED) is 0.284. The molecule has 4 rings (SSSR count). The highest BCUT2D eigenvalue weighted by Crippen LogP contribution is 2.45. The predicted molar refractivity (Wildman–Crippen MR) is 133 cm³/mol. The van der Waals surface area contributed by atoms with Crippen molar-refractivity contribution in [3.05, 3.63) is 87.4 Å². The molecule has 0 aromatic heterocycles. The first-order chi connectivity index (χ1) is 16.7. The summed E-state index contributed by atoms with van der Waals surface area (Å²) >= 11 is 6.30. The van der Waals surface area contributed by atoms with Crippen LogP contribution in [-0.2, 0) is 9.59 Å². The molecular formula is C27H24ClNO6. The second-order valence-electron chi connectivity index (χ2n) is 8.17. The van der Waals surface area contributed by atoms with Gasteiger partial charge in [0.05, 0.1) is 36.4 Å². The van der Waals surface area contributed by atoms with Crippen LogP contribution in [-0.4, -0.2) is 36.1 Å². The Morgan fingerprint density at radius 3 is 2.26 bits per heavy atom. The number of ether oxygens (including phenoxy) is 2. The molecule has 1 aliphatic rings.